The number of carbonyl (C=O) groups is 1. The van der Waals surface area contributed by atoms with Crippen molar-refractivity contribution in [2.24, 2.45) is 0 Å². The van der Waals surface area contributed by atoms with E-state index in [1.165, 1.54) is 33.5 Å². The molecule has 5 nitrogen and oxygen atoms in total. The van der Waals surface area contributed by atoms with Crippen LogP contribution in [0.3, 0.4) is 0 Å². The number of thiophene rings is 1. The molecule has 0 bridgehead atoms. The van der Waals surface area contributed by atoms with Crippen molar-refractivity contribution in [3.8, 4) is 0 Å². The first kappa shape index (κ1) is 23.3. The molecule has 0 saturated carbocycles. The van der Waals surface area contributed by atoms with E-state index in [0.717, 1.165) is 22.8 Å². The van der Waals surface area contributed by atoms with Crippen LogP contribution >= 0.6 is 23.1 Å². The van der Waals surface area contributed by atoms with Gasteiger partial charge in [-0.25, -0.2) is 13.1 Å². The fourth-order valence-electron chi connectivity index (χ4n) is 2.50. The second-order valence-corrected chi connectivity index (χ2v) is 10.1. The smallest absolute Gasteiger partial charge is 0.322 e. The lowest BCUT2D eigenvalue weighted by molar-refractivity contribution is -0.121. The van der Waals surface area contributed by atoms with E-state index in [0.29, 0.717) is 11.3 Å². The molecular formula is C20H17F3N2O3S3. The standard InChI is InChI=1S/C20H17F3N2O3S3/c21-20(22,23)13-24-31(27,28)16-9-7-14(8-10-16)25-19(26)17-5-1-2-6-18(17)30-12-15-4-3-11-29-15/h1-11,24H,12-13H2,(H,25,26). The molecule has 0 spiro atoms. The van der Waals surface area contributed by atoms with E-state index >= 15 is 0 Å². The topological polar surface area (TPSA) is 75.3 Å². The maximum absolute atomic E-state index is 12.7. The minimum absolute atomic E-state index is 0.317. The summed E-state index contributed by atoms with van der Waals surface area (Å²) in [5.74, 6) is 0.347. The van der Waals surface area contributed by atoms with Crippen LogP contribution in [0.5, 0.6) is 0 Å². The molecule has 0 atom stereocenters. The number of sulfonamides is 1. The number of hydrogen-bond donors (Lipinski definition) is 2. The van der Waals surface area contributed by atoms with Crippen molar-refractivity contribution in [3.05, 3.63) is 76.5 Å². The van der Waals surface area contributed by atoms with Gasteiger partial charge in [0.15, 0.2) is 0 Å². The molecule has 0 fully saturated rings. The molecule has 1 heterocycles. The average molecular weight is 487 g/mol. The second kappa shape index (κ2) is 9.86. The Morgan fingerprint density at radius 2 is 1.71 bits per heavy atom. The highest BCUT2D eigenvalue weighted by Crippen LogP contribution is 2.28. The van der Waals surface area contributed by atoms with Gasteiger partial charge in [0.25, 0.3) is 5.91 Å². The van der Waals surface area contributed by atoms with E-state index < -0.39 is 22.7 Å². The molecule has 11 heteroatoms. The molecule has 0 aliphatic carbocycles. The molecule has 0 aliphatic heterocycles. The highest BCUT2D eigenvalue weighted by molar-refractivity contribution is 7.98. The number of anilines is 1. The minimum Gasteiger partial charge on any atom is -0.322 e. The van der Waals surface area contributed by atoms with Crippen LogP contribution in [0.4, 0.5) is 18.9 Å². The number of carbonyl (C=O) groups excluding carboxylic acids is 1. The Bertz CT molecular complexity index is 1130. The first-order valence-electron chi connectivity index (χ1n) is 8.86. The normalized spacial score (nSPS) is 12.0. The molecular weight excluding hydrogens is 469 g/mol. The number of hydrogen-bond acceptors (Lipinski definition) is 5. The molecule has 2 aromatic carbocycles. The number of amides is 1. The van der Waals surface area contributed by atoms with Crippen molar-refractivity contribution < 1.29 is 26.4 Å². The van der Waals surface area contributed by atoms with Crippen LogP contribution in [0.1, 0.15) is 15.2 Å². The summed E-state index contributed by atoms with van der Waals surface area (Å²) in [7, 11) is -4.31. The summed E-state index contributed by atoms with van der Waals surface area (Å²) in [5, 5.41) is 4.66. The van der Waals surface area contributed by atoms with Gasteiger partial charge in [-0.3, -0.25) is 4.79 Å². The highest BCUT2D eigenvalue weighted by atomic mass is 32.2. The van der Waals surface area contributed by atoms with Gasteiger partial charge in [0, 0.05) is 21.2 Å². The van der Waals surface area contributed by atoms with Gasteiger partial charge in [-0.15, -0.1) is 23.1 Å². The summed E-state index contributed by atoms with van der Waals surface area (Å²) in [6.07, 6.45) is -4.66. The van der Waals surface area contributed by atoms with Crippen molar-refractivity contribution in [2.45, 2.75) is 21.7 Å². The fraction of sp³-hybridized carbons (Fsp3) is 0.150. The monoisotopic (exact) mass is 486 g/mol. The third kappa shape index (κ3) is 6.82. The van der Waals surface area contributed by atoms with E-state index in [-0.39, 0.29) is 10.8 Å². The molecule has 3 aromatic rings. The summed E-state index contributed by atoms with van der Waals surface area (Å²) < 4.78 is 62.2. The summed E-state index contributed by atoms with van der Waals surface area (Å²) in [6.45, 7) is -1.66. The van der Waals surface area contributed by atoms with Crippen LogP contribution in [-0.4, -0.2) is 27.0 Å². The lowest BCUT2D eigenvalue weighted by atomic mass is 10.2. The van der Waals surface area contributed by atoms with Crippen molar-refractivity contribution in [1.82, 2.24) is 4.72 Å². The number of rotatable bonds is 8. The molecule has 1 amide bonds. The van der Waals surface area contributed by atoms with Crippen LogP contribution in [0, 0.1) is 0 Å². The van der Waals surface area contributed by atoms with Crippen molar-refractivity contribution >= 4 is 44.7 Å². The zero-order valence-electron chi connectivity index (χ0n) is 15.8. The van der Waals surface area contributed by atoms with Gasteiger partial charge in [0.05, 0.1) is 10.5 Å². The first-order valence-corrected chi connectivity index (χ1v) is 12.2. The maximum atomic E-state index is 12.7. The van der Waals surface area contributed by atoms with E-state index in [1.807, 2.05) is 29.6 Å². The van der Waals surface area contributed by atoms with Crippen LogP contribution < -0.4 is 10.0 Å². The number of thioether (sulfide) groups is 1. The number of halogens is 3. The summed E-state index contributed by atoms with van der Waals surface area (Å²) >= 11 is 3.16. The maximum Gasteiger partial charge on any atom is 0.402 e. The quantitative estimate of drug-likeness (QED) is 0.433. The van der Waals surface area contributed by atoms with Crippen LogP contribution in [0.25, 0.3) is 0 Å². The highest BCUT2D eigenvalue weighted by Gasteiger charge is 2.30. The summed E-state index contributed by atoms with van der Waals surface area (Å²) in [5.41, 5.74) is 0.783. The molecule has 31 heavy (non-hydrogen) atoms. The Labute approximate surface area is 185 Å². The zero-order chi connectivity index (χ0) is 22.5. The predicted octanol–water partition coefficient (Wildman–Crippen LogP) is 5.13. The SMILES string of the molecule is O=C(Nc1ccc(S(=O)(=O)NCC(F)(F)F)cc1)c1ccccc1SCc1cccs1. The molecule has 0 unspecified atom stereocenters. The molecule has 164 valence electrons. The molecule has 2 N–H and O–H groups in total. The molecule has 0 saturated heterocycles. The minimum atomic E-state index is -4.66. The van der Waals surface area contributed by atoms with Crippen LogP contribution in [0.15, 0.2) is 75.8 Å². The Morgan fingerprint density at radius 1 is 1.00 bits per heavy atom. The predicted molar refractivity (Wildman–Crippen MR) is 116 cm³/mol. The number of nitrogens with one attached hydrogen (secondary N) is 2. The lowest BCUT2D eigenvalue weighted by Gasteiger charge is -2.11. The number of alkyl halides is 3. The van der Waals surface area contributed by atoms with E-state index in [4.69, 9.17) is 0 Å². The van der Waals surface area contributed by atoms with E-state index in [1.54, 1.807) is 23.5 Å². The second-order valence-electron chi connectivity index (χ2n) is 6.28. The third-order valence-corrected chi connectivity index (χ3v) is 7.57. The van der Waals surface area contributed by atoms with Gasteiger partial charge in [-0.05, 0) is 47.8 Å². The average Bonchev–Trinajstić information content (AvgIpc) is 3.25. The Morgan fingerprint density at radius 3 is 2.35 bits per heavy atom. The Balaban J connectivity index is 1.67. The van der Waals surface area contributed by atoms with Gasteiger partial charge in [0.2, 0.25) is 10.0 Å². The van der Waals surface area contributed by atoms with Gasteiger partial charge in [0.1, 0.15) is 6.54 Å². The zero-order valence-corrected chi connectivity index (χ0v) is 18.3. The van der Waals surface area contributed by atoms with Crippen LogP contribution in [0.2, 0.25) is 0 Å². The van der Waals surface area contributed by atoms with E-state index in [9.17, 15) is 26.4 Å². The molecule has 0 radical (unpaired) electrons. The largest absolute Gasteiger partial charge is 0.402 e. The van der Waals surface area contributed by atoms with Crippen LogP contribution in [-0.2, 0) is 15.8 Å². The van der Waals surface area contributed by atoms with Gasteiger partial charge < -0.3 is 5.32 Å². The lowest BCUT2D eigenvalue weighted by Crippen LogP contribution is -2.33. The molecule has 1 aromatic heterocycles. The summed E-state index contributed by atoms with van der Waals surface area (Å²) in [6, 6.07) is 16.0. The molecule has 0 aliphatic rings. The third-order valence-electron chi connectivity index (χ3n) is 3.97. The van der Waals surface area contributed by atoms with Crippen molar-refractivity contribution in [3.63, 3.8) is 0 Å². The molecule has 3 rings (SSSR count). The van der Waals surface area contributed by atoms with Crippen molar-refractivity contribution in [2.75, 3.05) is 11.9 Å². The fourth-order valence-corrected chi connectivity index (χ4v) is 5.34. The Hall–Kier alpha value is -2.34. The first-order chi connectivity index (χ1) is 14.6. The van der Waals surface area contributed by atoms with Gasteiger partial charge >= 0.3 is 6.18 Å². The van der Waals surface area contributed by atoms with Crippen molar-refractivity contribution in [1.29, 1.82) is 0 Å². The van der Waals surface area contributed by atoms with Gasteiger partial charge in [-0.1, -0.05) is 18.2 Å². The Kier molecular flexibility index (Phi) is 7.42. The number of benzene rings is 2. The van der Waals surface area contributed by atoms with Gasteiger partial charge in [-0.2, -0.15) is 13.2 Å². The van der Waals surface area contributed by atoms with E-state index in [2.05, 4.69) is 5.32 Å². The summed E-state index contributed by atoms with van der Waals surface area (Å²) in [4.78, 5) is 14.4.